The highest BCUT2D eigenvalue weighted by atomic mass is 32.2. The van der Waals surface area contributed by atoms with Gasteiger partial charge in [0.2, 0.25) is 5.91 Å². The first-order valence-electron chi connectivity index (χ1n) is 14.1. The molecule has 1 unspecified atom stereocenters. The number of anilines is 2. The number of nitrogens with one attached hydrogen (secondary N) is 3. The smallest absolute Gasteiger partial charge is 0.272 e. The summed E-state index contributed by atoms with van der Waals surface area (Å²) in [7, 11) is 3.02. The molecule has 1 atom stereocenters. The van der Waals surface area contributed by atoms with E-state index in [0.717, 1.165) is 10.5 Å². The van der Waals surface area contributed by atoms with Gasteiger partial charge in [-0.25, -0.2) is 4.98 Å². The number of hydrogen-bond acceptors (Lipinski definition) is 8. The van der Waals surface area contributed by atoms with Crippen LogP contribution in [0.5, 0.6) is 11.5 Å². The molecular formula is C35H30N4O5S2. The molecule has 5 rings (SSSR count). The monoisotopic (exact) mass is 650 g/mol. The fourth-order valence-corrected chi connectivity index (χ4v) is 5.99. The van der Waals surface area contributed by atoms with Gasteiger partial charge < -0.3 is 25.4 Å². The molecule has 3 N–H and O–H groups in total. The first kappa shape index (κ1) is 32.0. The van der Waals surface area contributed by atoms with Crippen molar-refractivity contribution in [2.24, 2.45) is 0 Å². The summed E-state index contributed by atoms with van der Waals surface area (Å²) in [6.07, 6.45) is 3.17. The minimum Gasteiger partial charge on any atom is -0.493 e. The molecule has 3 amide bonds. The molecule has 0 fully saturated rings. The summed E-state index contributed by atoms with van der Waals surface area (Å²) in [5.74, 6) is -0.288. The van der Waals surface area contributed by atoms with Crippen LogP contribution in [0.2, 0.25) is 0 Å². The lowest BCUT2D eigenvalue weighted by Crippen LogP contribution is -2.30. The van der Waals surface area contributed by atoms with Gasteiger partial charge in [0.15, 0.2) is 16.6 Å². The average molecular weight is 651 g/mol. The van der Waals surface area contributed by atoms with Crippen LogP contribution in [0.4, 0.5) is 10.8 Å². The molecule has 4 aromatic carbocycles. The predicted octanol–water partition coefficient (Wildman–Crippen LogP) is 7.04. The van der Waals surface area contributed by atoms with Crippen LogP contribution in [-0.2, 0) is 9.59 Å². The van der Waals surface area contributed by atoms with E-state index in [9.17, 15) is 14.4 Å². The Morgan fingerprint density at radius 3 is 2.20 bits per heavy atom. The lowest BCUT2D eigenvalue weighted by atomic mass is 10.1. The second kappa shape index (κ2) is 15.6. The van der Waals surface area contributed by atoms with E-state index >= 15 is 0 Å². The third kappa shape index (κ3) is 8.20. The Hall–Kier alpha value is -5.39. The summed E-state index contributed by atoms with van der Waals surface area (Å²) < 4.78 is 10.9. The number of nitrogens with zero attached hydrogens (tertiary/aromatic N) is 1. The van der Waals surface area contributed by atoms with Crippen molar-refractivity contribution in [2.75, 3.05) is 24.9 Å². The highest BCUT2D eigenvalue weighted by molar-refractivity contribution is 8.00. The molecule has 0 radical (unpaired) electrons. The molecule has 9 nitrogen and oxygen atoms in total. The van der Waals surface area contributed by atoms with Crippen molar-refractivity contribution < 1.29 is 23.9 Å². The zero-order valence-electron chi connectivity index (χ0n) is 24.9. The Kier molecular flexibility index (Phi) is 10.8. The molecule has 0 saturated carbocycles. The number of ether oxygens (including phenoxy) is 2. The van der Waals surface area contributed by atoms with Crippen LogP contribution in [0.15, 0.2) is 125 Å². The Balaban J connectivity index is 1.36. The summed E-state index contributed by atoms with van der Waals surface area (Å²) in [6, 6.07) is 30.5. The minimum absolute atomic E-state index is 0.00172. The Labute approximate surface area is 274 Å². The molecule has 0 saturated heterocycles. The molecule has 1 aromatic heterocycles. The highest BCUT2D eigenvalue weighted by Gasteiger charge is 2.23. The molecule has 5 aromatic rings. The number of methoxy groups -OCH3 is 2. The molecule has 232 valence electrons. The molecule has 11 heteroatoms. The Morgan fingerprint density at radius 1 is 0.826 bits per heavy atom. The van der Waals surface area contributed by atoms with Gasteiger partial charge in [0.25, 0.3) is 11.8 Å². The highest BCUT2D eigenvalue weighted by Crippen LogP contribution is 2.37. The van der Waals surface area contributed by atoms with Crippen molar-refractivity contribution in [2.45, 2.75) is 10.1 Å². The van der Waals surface area contributed by atoms with E-state index in [1.165, 1.54) is 43.4 Å². The first-order chi connectivity index (χ1) is 22.4. The summed E-state index contributed by atoms with van der Waals surface area (Å²) in [6.45, 7) is 0. The maximum atomic E-state index is 13.6. The fourth-order valence-electron chi connectivity index (χ4n) is 4.43. The standard InChI is InChI=1S/C35H30N4O5S2/c1-43-29-15-9-14-25(30(29)44-2)22-28(38-32(40)24-12-7-4-8-13-24)33(41)37-26-16-18-27(19-17-26)46-31(23-10-5-3-6-11-23)34(42)39-35-36-20-21-45-35/h3-22,31H,1-2H3,(H,37,41)(H,38,40)(H,36,39,42)/b28-22-. The SMILES string of the molecule is COc1cccc(/C=C(\NC(=O)c2ccccc2)C(=O)Nc2ccc(SC(C(=O)Nc3nccs3)c3ccccc3)cc2)c1OC. The van der Waals surface area contributed by atoms with E-state index in [0.29, 0.717) is 33.4 Å². The molecule has 0 bridgehead atoms. The van der Waals surface area contributed by atoms with Crippen LogP contribution in [0.1, 0.15) is 26.7 Å². The molecule has 46 heavy (non-hydrogen) atoms. The zero-order valence-corrected chi connectivity index (χ0v) is 26.6. The van der Waals surface area contributed by atoms with Gasteiger partial charge in [0.1, 0.15) is 10.9 Å². The number of rotatable bonds is 12. The van der Waals surface area contributed by atoms with Crippen LogP contribution in [0.25, 0.3) is 6.08 Å². The normalized spacial score (nSPS) is 11.7. The summed E-state index contributed by atoms with van der Waals surface area (Å²) >= 11 is 2.73. The molecule has 1 heterocycles. The van der Waals surface area contributed by atoms with Crippen LogP contribution in [0.3, 0.4) is 0 Å². The van der Waals surface area contributed by atoms with E-state index in [-0.39, 0.29) is 11.6 Å². The second-order valence-corrected chi connectivity index (χ2v) is 11.7. The molecule has 0 aliphatic heterocycles. The van der Waals surface area contributed by atoms with Gasteiger partial charge in [-0.3, -0.25) is 14.4 Å². The number of amides is 3. The lowest BCUT2D eigenvalue weighted by Gasteiger charge is -2.17. The number of carbonyl (C=O) groups is 3. The van der Waals surface area contributed by atoms with Crippen molar-refractivity contribution in [1.82, 2.24) is 10.3 Å². The van der Waals surface area contributed by atoms with Gasteiger partial charge in [0.05, 0.1) is 14.2 Å². The minimum atomic E-state index is -0.542. The summed E-state index contributed by atoms with van der Waals surface area (Å²) in [5.41, 5.74) is 2.27. The third-order valence-electron chi connectivity index (χ3n) is 6.63. The molecule has 0 aliphatic rings. The van der Waals surface area contributed by atoms with Gasteiger partial charge in [0, 0.05) is 33.3 Å². The van der Waals surface area contributed by atoms with Crippen LogP contribution < -0.4 is 25.4 Å². The summed E-state index contributed by atoms with van der Waals surface area (Å²) in [5, 5.41) is 10.3. The fraction of sp³-hybridized carbons (Fsp3) is 0.0857. The van der Waals surface area contributed by atoms with Crippen molar-refractivity contribution in [3.8, 4) is 11.5 Å². The number of para-hydroxylation sites is 1. The van der Waals surface area contributed by atoms with Gasteiger partial charge in [-0.1, -0.05) is 60.7 Å². The van der Waals surface area contributed by atoms with Gasteiger partial charge >= 0.3 is 0 Å². The van der Waals surface area contributed by atoms with Crippen molar-refractivity contribution in [3.63, 3.8) is 0 Å². The second-order valence-electron chi connectivity index (χ2n) is 9.67. The number of thioether (sulfide) groups is 1. The van der Waals surface area contributed by atoms with E-state index in [2.05, 4.69) is 20.9 Å². The first-order valence-corrected chi connectivity index (χ1v) is 15.8. The van der Waals surface area contributed by atoms with Gasteiger partial charge in [-0.05, 0) is 54.1 Å². The predicted molar refractivity (Wildman–Crippen MR) is 182 cm³/mol. The third-order valence-corrected chi connectivity index (χ3v) is 8.59. The average Bonchev–Trinajstić information content (AvgIpc) is 3.61. The Bertz CT molecular complexity index is 1810. The zero-order chi connectivity index (χ0) is 32.3. The quantitative estimate of drug-likeness (QED) is 0.0979. The van der Waals surface area contributed by atoms with Crippen molar-refractivity contribution in [3.05, 3.63) is 137 Å². The number of thiazole rings is 1. The topological polar surface area (TPSA) is 119 Å². The molecule has 0 spiro atoms. The van der Waals surface area contributed by atoms with E-state index in [4.69, 9.17) is 9.47 Å². The maximum absolute atomic E-state index is 13.6. The van der Waals surface area contributed by atoms with Crippen LogP contribution >= 0.6 is 23.1 Å². The lowest BCUT2D eigenvalue weighted by molar-refractivity contribution is -0.116. The number of benzene rings is 4. The van der Waals surface area contributed by atoms with Crippen molar-refractivity contribution in [1.29, 1.82) is 0 Å². The van der Waals surface area contributed by atoms with Crippen molar-refractivity contribution >= 4 is 57.7 Å². The van der Waals surface area contributed by atoms with E-state index in [1.54, 1.807) is 72.2 Å². The molecule has 0 aliphatic carbocycles. The number of carbonyl (C=O) groups excluding carboxylic acids is 3. The largest absolute Gasteiger partial charge is 0.493 e. The van der Waals surface area contributed by atoms with Gasteiger partial charge in [-0.15, -0.1) is 23.1 Å². The molecular weight excluding hydrogens is 621 g/mol. The van der Waals surface area contributed by atoms with E-state index < -0.39 is 17.1 Å². The number of aromatic nitrogens is 1. The number of hydrogen-bond donors (Lipinski definition) is 3. The van der Waals surface area contributed by atoms with Gasteiger partial charge in [-0.2, -0.15) is 0 Å². The van der Waals surface area contributed by atoms with Crippen LogP contribution in [-0.4, -0.2) is 36.9 Å². The van der Waals surface area contributed by atoms with Crippen LogP contribution in [0, 0.1) is 0 Å². The Morgan fingerprint density at radius 2 is 1.54 bits per heavy atom. The summed E-state index contributed by atoms with van der Waals surface area (Å²) in [4.78, 5) is 44.9. The van der Waals surface area contributed by atoms with E-state index in [1.807, 2.05) is 42.5 Å². The maximum Gasteiger partial charge on any atom is 0.272 e.